The van der Waals surface area contributed by atoms with E-state index in [-0.39, 0.29) is 0 Å². The zero-order valence-electron chi connectivity index (χ0n) is 20.5. The van der Waals surface area contributed by atoms with Crippen LogP contribution in [0.3, 0.4) is 0 Å². The number of alkyl halides is 3. The molecule has 3 heterocycles. The lowest BCUT2D eigenvalue weighted by Crippen LogP contribution is -2.21. The first-order valence-electron chi connectivity index (χ1n) is 11.8. The molecule has 3 aromatic rings. The Morgan fingerprint density at radius 1 is 1.19 bits per heavy atom. The number of aromatic nitrogens is 3. The topological polar surface area (TPSA) is 130 Å². The Balaban J connectivity index is 0.000000479. The fourth-order valence-electron chi connectivity index (χ4n) is 4.13. The van der Waals surface area contributed by atoms with Crippen LogP contribution in [0.1, 0.15) is 58.8 Å². The van der Waals surface area contributed by atoms with Crippen molar-refractivity contribution < 1.29 is 37.4 Å². The van der Waals surface area contributed by atoms with Crippen molar-refractivity contribution in [1.82, 2.24) is 20.1 Å². The number of pyridine rings is 1. The number of aryl methyl sites for hydroxylation is 3. The number of halogens is 3. The van der Waals surface area contributed by atoms with Crippen LogP contribution >= 0.6 is 0 Å². The summed E-state index contributed by atoms with van der Waals surface area (Å²) in [5.41, 5.74) is 4.11. The first kappa shape index (κ1) is 27.9. The van der Waals surface area contributed by atoms with E-state index in [0.717, 1.165) is 66.3 Å². The average molecular weight is 523 g/mol. The van der Waals surface area contributed by atoms with Crippen molar-refractivity contribution in [2.45, 2.75) is 58.2 Å². The summed E-state index contributed by atoms with van der Waals surface area (Å²) in [6, 6.07) is 5.97. The number of hydrogen-bond donors (Lipinski definition) is 3. The smallest absolute Gasteiger partial charge is 0.477 e. The lowest BCUT2D eigenvalue weighted by atomic mass is 9.90. The third-order valence-corrected chi connectivity index (χ3v) is 6.02. The number of nitrogens with zero attached hydrogens (tertiary/aromatic N) is 3. The summed E-state index contributed by atoms with van der Waals surface area (Å²) < 4.78 is 39.1. The first-order chi connectivity index (χ1) is 17.5. The molecule has 1 aliphatic rings. The van der Waals surface area contributed by atoms with Crippen molar-refractivity contribution >= 4 is 11.9 Å². The van der Waals surface area contributed by atoms with Crippen LogP contribution in [0.2, 0.25) is 0 Å². The molecule has 0 aliphatic heterocycles. The Kier molecular flexibility index (Phi) is 9.09. The van der Waals surface area contributed by atoms with Gasteiger partial charge in [0, 0.05) is 36.0 Å². The monoisotopic (exact) mass is 522 g/mol. The highest BCUT2D eigenvalue weighted by Gasteiger charge is 2.38. The van der Waals surface area contributed by atoms with Gasteiger partial charge in [0.2, 0.25) is 0 Å². The van der Waals surface area contributed by atoms with Crippen LogP contribution < -0.4 is 5.32 Å². The van der Waals surface area contributed by atoms with Crippen LogP contribution in [0.15, 0.2) is 35.0 Å². The average Bonchev–Trinajstić information content (AvgIpc) is 3.44. The highest BCUT2D eigenvalue weighted by atomic mass is 19.4. The molecule has 0 spiro atoms. The number of carboxylic acid groups (broad SMARTS) is 2. The normalized spacial score (nSPS) is 13.2. The summed E-state index contributed by atoms with van der Waals surface area (Å²) in [5, 5.41) is 25.0. The van der Waals surface area contributed by atoms with Gasteiger partial charge in [-0.15, -0.1) is 0 Å². The van der Waals surface area contributed by atoms with Crippen LogP contribution in [-0.4, -0.2) is 56.2 Å². The van der Waals surface area contributed by atoms with E-state index in [1.165, 1.54) is 0 Å². The van der Waals surface area contributed by atoms with Gasteiger partial charge in [0.05, 0.1) is 5.69 Å². The van der Waals surface area contributed by atoms with E-state index in [4.69, 9.17) is 14.3 Å². The molecule has 3 aromatic heterocycles. The van der Waals surface area contributed by atoms with Crippen molar-refractivity contribution in [3.05, 3.63) is 58.9 Å². The Labute approximate surface area is 211 Å². The number of hydrogen-bond acceptors (Lipinski definition) is 6. The van der Waals surface area contributed by atoms with Crippen LogP contribution in [-0.2, 0) is 24.2 Å². The van der Waals surface area contributed by atoms with Gasteiger partial charge in [-0.25, -0.2) is 9.59 Å². The summed E-state index contributed by atoms with van der Waals surface area (Å²) in [6.07, 6.45) is 1.82. The van der Waals surface area contributed by atoms with E-state index in [1.807, 2.05) is 31.3 Å². The summed E-state index contributed by atoms with van der Waals surface area (Å²) in [5.74, 6) is -1.32. The molecule has 9 nitrogen and oxygen atoms in total. The molecule has 3 N–H and O–H groups in total. The largest absolute Gasteiger partial charge is 0.490 e. The molecule has 1 atom stereocenters. The zero-order valence-corrected chi connectivity index (χ0v) is 20.5. The lowest BCUT2D eigenvalue weighted by Gasteiger charge is -2.14. The molecule has 12 heteroatoms. The molecule has 0 saturated carbocycles. The number of fused-ring (bicyclic) bond motifs is 3. The van der Waals surface area contributed by atoms with Crippen molar-refractivity contribution in [1.29, 1.82) is 0 Å². The Hall–Kier alpha value is -3.67. The summed E-state index contributed by atoms with van der Waals surface area (Å²) in [6.45, 7) is 6.41. The van der Waals surface area contributed by atoms with Gasteiger partial charge in [0.25, 0.3) is 0 Å². The third-order valence-electron chi connectivity index (χ3n) is 6.02. The van der Waals surface area contributed by atoms with Gasteiger partial charge in [-0.1, -0.05) is 6.92 Å². The molecule has 1 aliphatic carbocycles. The van der Waals surface area contributed by atoms with Crippen molar-refractivity contribution in [2.24, 2.45) is 0 Å². The van der Waals surface area contributed by atoms with Crippen LogP contribution in [0.5, 0.6) is 0 Å². The number of rotatable bonds is 9. The quantitative estimate of drug-likeness (QED) is 0.352. The van der Waals surface area contributed by atoms with Gasteiger partial charge in [-0.2, -0.15) is 18.3 Å². The van der Waals surface area contributed by atoms with Gasteiger partial charge in [-0.3, -0.25) is 9.67 Å². The van der Waals surface area contributed by atoms with E-state index in [2.05, 4.69) is 22.3 Å². The van der Waals surface area contributed by atoms with Crippen LogP contribution in [0, 0.1) is 6.92 Å². The van der Waals surface area contributed by atoms with Crippen molar-refractivity contribution in [3.63, 3.8) is 0 Å². The molecule has 0 saturated heterocycles. The molecule has 200 valence electrons. The fraction of sp³-hybridized carbons (Fsp3) is 0.440. The maximum atomic E-state index is 11.9. The van der Waals surface area contributed by atoms with Gasteiger partial charge in [-0.05, 0) is 69.5 Å². The Morgan fingerprint density at radius 2 is 1.92 bits per heavy atom. The lowest BCUT2D eigenvalue weighted by molar-refractivity contribution is -0.192. The fourth-order valence-corrected chi connectivity index (χ4v) is 4.13. The second-order valence-electron chi connectivity index (χ2n) is 8.78. The molecule has 37 heavy (non-hydrogen) atoms. The molecule has 0 fully saturated rings. The predicted molar refractivity (Wildman–Crippen MR) is 127 cm³/mol. The van der Waals surface area contributed by atoms with Crippen molar-refractivity contribution in [3.8, 4) is 11.3 Å². The summed E-state index contributed by atoms with van der Waals surface area (Å²) >= 11 is 0. The van der Waals surface area contributed by atoms with Gasteiger partial charge < -0.3 is 19.9 Å². The molecule has 0 aromatic carbocycles. The minimum Gasteiger partial charge on any atom is -0.477 e. The highest BCUT2D eigenvalue weighted by molar-refractivity contribution is 5.90. The van der Waals surface area contributed by atoms with Crippen molar-refractivity contribution in [2.75, 3.05) is 13.1 Å². The first-order valence-corrected chi connectivity index (χ1v) is 11.8. The molecule has 1 unspecified atom stereocenters. The Morgan fingerprint density at radius 3 is 2.54 bits per heavy atom. The zero-order chi connectivity index (χ0) is 27.2. The third kappa shape index (κ3) is 7.19. The van der Waals surface area contributed by atoms with Gasteiger partial charge >= 0.3 is 18.1 Å². The number of carbonyl (C=O) groups is 2. The van der Waals surface area contributed by atoms with Gasteiger partial charge in [0.15, 0.2) is 0 Å². The molecular weight excluding hydrogens is 493 g/mol. The summed E-state index contributed by atoms with van der Waals surface area (Å²) in [4.78, 5) is 25.0. The summed E-state index contributed by atoms with van der Waals surface area (Å²) in [7, 11) is 0. The van der Waals surface area contributed by atoms with E-state index < -0.39 is 18.1 Å². The van der Waals surface area contributed by atoms with Crippen LogP contribution in [0.4, 0.5) is 13.2 Å². The number of nitrogens with one attached hydrogen (secondary N) is 1. The van der Waals surface area contributed by atoms with Gasteiger partial charge in [0.1, 0.15) is 17.2 Å². The molecule has 0 bridgehead atoms. The van der Waals surface area contributed by atoms with E-state index in [1.54, 1.807) is 10.9 Å². The molecule has 0 amide bonds. The standard InChI is InChI=1S/C23H28N4O3.C2HF3O2/c1-15(20-7-4-16(2)30-20)8-11-24-10-3-13-27-22(23(28)29)19-6-5-17-14-25-12-9-18(17)21(19)26-27;3-2(4,5)1(6)7/h4,7,9,12,14-15,24H,3,5-6,8,10-11,13H2,1-2H3,(H,28,29);(H,6,7). The minimum absolute atomic E-state index is 0.328. The van der Waals surface area contributed by atoms with E-state index in [0.29, 0.717) is 24.6 Å². The van der Waals surface area contributed by atoms with E-state index in [9.17, 15) is 23.1 Å². The second kappa shape index (κ2) is 12.0. The number of carboxylic acids is 2. The van der Waals surface area contributed by atoms with E-state index >= 15 is 0 Å². The maximum absolute atomic E-state index is 11.9. The number of aromatic carboxylic acids is 1. The minimum atomic E-state index is -5.08. The number of aliphatic carboxylic acids is 1. The highest BCUT2D eigenvalue weighted by Crippen LogP contribution is 2.34. The SMILES string of the molecule is Cc1ccc(C(C)CCNCCCn2nc3c(c2C(=O)O)CCc2cnccc2-3)o1.O=C(O)C(F)(F)F. The number of furan rings is 1. The second-order valence-corrected chi connectivity index (χ2v) is 8.78. The predicted octanol–water partition coefficient (Wildman–Crippen LogP) is 4.45. The maximum Gasteiger partial charge on any atom is 0.490 e. The molecule has 0 radical (unpaired) electrons. The Bertz CT molecular complexity index is 1240. The molecule has 4 rings (SSSR count). The van der Waals surface area contributed by atoms with Crippen LogP contribution in [0.25, 0.3) is 11.3 Å². The molecular formula is C25H29F3N4O5.